The van der Waals surface area contributed by atoms with Crippen LogP contribution in [-0.2, 0) is 14.2 Å². The van der Waals surface area contributed by atoms with Crippen molar-refractivity contribution >= 4 is 0 Å². The number of hydrogen-bond acceptors (Lipinski definition) is 3. The van der Waals surface area contributed by atoms with Crippen LogP contribution in [-0.4, -0.2) is 38.1 Å². The summed E-state index contributed by atoms with van der Waals surface area (Å²) in [5.74, 6) is 0. The first-order valence-corrected chi connectivity index (χ1v) is 6.07. The van der Waals surface area contributed by atoms with Crippen LogP contribution in [0.5, 0.6) is 0 Å². The minimum Gasteiger partial charge on any atom is -0.379 e. The zero-order valence-electron chi connectivity index (χ0n) is 10.2. The van der Waals surface area contributed by atoms with Crippen molar-refractivity contribution in [1.29, 1.82) is 0 Å². The van der Waals surface area contributed by atoms with Crippen LogP contribution >= 0.6 is 0 Å². The summed E-state index contributed by atoms with van der Waals surface area (Å²) < 4.78 is 17.0. The summed E-state index contributed by atoms with van der Waals surface area (Å²) in [7, 11) is 0. The molecule has 3 unspecified atom stereocenters. The average molecular weight is 216 g/mol. The molecule has 0 aromatic heterocycles. The summed E-state index contributed by atoms with van der Waals surface area (Å²) in [6.07, 6.45) is 3.96. The van der Waals surface area contributed by atoms with Gasteiger partial charge >= 0.3 is 0 Å². The summed E-state index contributed by atoms with van der Waals surface area (Å²) in [5.41, 5.74) is 0. The Morgan fingerprint density at radius 2 is 2.07 bits per heavy atom. The predicted molar refractivity (Wildman–Crippen MR) is 60.1 cm³/mol. The van der Waals surface area contributed by atoms with Crippen LogP contribution < -0.4 is 0 Å². The normalized spacial score (nSPS) is 32.6. The van der Waals surface area contributed by atoms with Crippen molar-refractivity contribution in [3.63, 3.8) is 0 Å². The van der Waals surface area contributed by atoms with Gasteiger partial charge in [-0.3, -0.25) is 0 Å². The molecule has 3 nitrogen and oxygen atoms in total. The van der Waals surface area contributed by atoms with Crippen molar-refractivity contribution in [2.24, 2.45) is 0 Å². The highest BCUT2D eigenvalue weighted by Crippen LogP contribution is 2.14. The second-order valence-corrected chi connectivity index (χ2v) is 4.38. The van der Waals surface area contributed by atoms with E-state index in [1.807, 2.05) is 0 Å². The van der Waals surface area contributed by atoms with Gasteiger partial charge in [-0.15, -0.1) is 0 Å². The highest BCUT2D eigenvalue weighted by Gasteiger charge is 2.21. The van der Waals surface area contributed by atoms with E-state index in [2.05, 4.69) is 20.8 Å². The Bertz CT molecular complexity index is 161. The topological polar surface area (TPSA) is 27.7 Å². The van der Waals surface area contributed by atoms with Crippen LogP contribution in [0.1, 0.15) is 40.0 Å². The number of ether oxygens (including phenoxy) is 3. The van der Waals surface area contributed by atoms with Crippen molar-refractivity contribution in [2.75, 3.05) is 19.8 Å². The van der Waals surface area contributed by atoms with Crippen molar-refractivity contribution in [3.05, 3.63) is 0 Å². The molecule has 0 amide bonds. The Balaban J connectivity index is 2.17. The molecular weight excluding hydrogens is 192 g/mol. The summed E-state index contributed by atoms with van der Waals surface area (Å²) >= 11 is 0. The van der Waals surface area contributed by atoms with E-state index in [0.717, 1.165) is 19.4 Å². The molecule has 3 atom stereocenters. The van der Waals surface area contributed by atoms with Crippen molar-refractivity contribution < 1.29 is 14.2 Å². The highest BCUT2D eigenvalue weighted by atomic mass is 16.6. The molecule has 0 saturated carbocycles. The van der Waals surface area contributed by atoms with Gasteiger partial charge in [-0.05, 0) is 20.3 Å². The fourth-order valence-corrected chi connectivity index (χ4v) is 1.78. The third kappa shape index (κ3) is 5.50. The van der Waals surface area contributed by atoms with Gasteiger partial charge in [-0.2, -0.15) is 0 Å². The first kappa shape index (κ1) is 12.9. The molecule has 0 aromatic rings. The van der Waals surface area contributed by atoms with Crippen LogP contribution in [0.25, 0.3) is 0 Å². The molecule has 1 aliphatic heterocycles. The molecule has 1 heterocycles. The van der Waals surface area contributed by atoms with Gasteiger partial charge in [0.25, 0.3) is 0 Å². The van der Waals surface area contributed by atoms with Gasteiger partial charge < -0.3 is 14.2 Å². The lowest BCUT2D eigenvalue weighted by Gasteiger charge is -2.16. The number of rotatable bonds is 5. The van der Waals surface area contributed by atoms with E-state index >= 15 is 0 Å². The Morgan fingerprint density at radius 1 is 1.27 bits per heavy atom. The zero-order valence-corrected chi connectivity index (χ0v) is 10.2. The molecule has 0 radical (unpaired) electrons. The SMILES string of the molecule is CCCCOCC1CC(C)OC(C)CO1. The van der Waals surface area contributed by atoms with Crippen LogP contribution in [0.3, 0.4) is 0 Å². The molecule has 0 N–H and O–H groups in total. The molecule has 1 aliphatic rings. The van der Waals surface area contributed by atoms with E-state index in [9.17, 15) is 0 Å². The lowest BCUT2D eigenvalue weighted by atomic mass is 10.2. The third-order valence-electron chi connectivity index (χ3n) is 2.57. The zero-order chi connectivity index (χ0) is 11.1. The summed E-state index contributed by atoms with van der Waals surface area (Å²) in [5, 5.41) is 0. The first-order chi connectivity index (χ1) is 7.22. The highest BCUT2D eigenvalue weighted by molar-refractivity contribution is 4.68. The van der Waals surface area contributed by atoms with E-state index in [1.54, 1.807) is 0 Å². The van der Waals surface area contributed by atoms with Crippen molar-refractivity contribution in [1.82, 2.24) is 0 Å². The Labute approximate surface area is 93.1 Å². The predicted octanol–water partition coefficient (Wildman–Crippen LogP) is 2.39. The molecule has 1 fully saturated rings. The van der Waals surface area contributed by atoms with Crippen LogP contribution in [0, 0.1) is 0 Å². The molecule has 1 rings (SSSR count). The molecule has 3 heteroatoms. The smallest absolute Gasteiger partial charge is 0.0834 e. The summed E-state index contributed by atoms with van der Waals surface area (Å²) in [6.45, 7) is 8.57. The summed E-state index contributed by atoms with van der Waals surface area (Å²) in [4.78, 5) is 0. The maximum absolute atomic E-state index is 5.72. The van der Waals surface area contributed by atoms with E-state index in [1.165, 1.54) is 6.42 Å². The molecular formula is C12H24O3. The lowest BCUT2D eigenvalue weighted by Crippen LogP contribution is -2.22. The summed E-state index contributed by atoms with van der Waals surface area (Å²) in [6, 6.07) is 0. The molecule has 1 saturated heterocycles. The maximum atomic E-state index is 5.72. The Morgan fingerprint density at radius 3 is 2.80 bits per heavy atom. The minimum atomic E-state index is 0.209. The first-order valence-electron chi connectivity index (χ1n) is 6.07. The van der Waals surface area contributed by atoms with Crippen LogP contribution in [0.15, 0.2) is 0 Å². The van der Waals surface area contributed by atoms with Gasteiger partial charge in [-0.25, -0.2) is 0 Å². The van der Waals surface area contributed by atoms with Gasteiger partial charge in [0.15, 0.2) is 0 Å². The Kier molecular flexibility index (Phi) is 6.22. The quantitative estimate of drug-likeness (QED) is 0.660. The van der Waals surface area contributed by atoms with Gasteiger partial charge in [0.2, 0.25) is 0 Å². The van der Waals surface area contributed by atoms with Gasteiger partial charge in [0.1, 0.15) is 0 Å². The average Bonchev–Trinajstić information content (AvgIpc) is 2.35. The van der Waals surface area contributed by atoms with E-state index in [4.69, 9.17) is 14.2 Å². The standard InChI is InChI=1S/C12H24O3/c1-4-5-6-13-9-12-7-10(2)15-11(3)8-14-12/h10-12H,4-9H2,1-3H3. The second-order valence-electron chi connectivity index (χ2n) is 4.38. The molecule has 0 spiro atoms. The van der Waals surface area contributed by atoms with Gasteiger partial charge in [0, 0.05) is 13.0 Å². The van der Waals surface area contributed by atoms with E-state index in [0.29, 0.717) is 13.2 Å². The molecule has 0 aliphatic carbocycles. The fourth-order valence-electron chi connectivity index (χ4n) is 1.78. The lowest BCUT2D eigenvalue weighted by molar-refractivity contribution is -0.0265. The number of hydrogen-bond donors (Lipinski definition) is 0. The number of unbranched alkanes of at least 4 members (excludes halogenated alkanes) is 1. The van der Waals surface area contributed by atoms with Crippen LogP contribution in [0.4, 0.5) is 0 Å². The van der Waals surface area contributed by atoms with E-state index in [-0.39, 0.29) is 18.3 Å². The molecule has 15 heavy (non-hydrogen) atoms. The van der Waals surface area contributed by atoms with Crippen molar-refractivity contribution in [2.45, 2.75) is 58.3 Å². The third-order valence-corrected chi connectivity index (χ3v) is 2.57. The Hall–Kier alpha value is -0.120. The van der Waals surface area contributed by atoms with E-state index < -0.39 is 0 Å². The second kappa shape index (κ2) is 7.20. The fraction of sp³-hybridized carbons (Fsp3) is 1.00. The molecule has 90 valence electrons. The van der Waals surface area contributed by atoms with Crippen molar-refractivity contribution in [3.8, 4) is 0 Å². The van der Waals surface area contributed by atoms with Gasteiger partial charge in [-0.1, -0.05) is 13.3 Å². The van der Waals surface area contributed by atoms with Gasteiger partial charge in [0.05, 0.1) is 31.5 Å². The maximum Gasteiger partial charge on any atom is 0.0834 e. The molecule has 0 bridgehead atoms. The largest absolute Gasteiger partial charge is 0.379 e. The van der Waals surface area contributed by atoms with Crippen LogP contribution in [0.2, 0.25) is 0 Å². The molecule has 0 aromatic carbocycles. The monoisotopic (exact) mass is 216 g/mol. The minimum absolute atomic E-state index is 0.209.